The quantitative estimate of drug-likeness (QED) is 0.373. The lowest BCUT2D eigenvalue weighted by molar-refractivity contribution is -0.138. The van der Waals surface area contributed by atoms with Gasteiger partial charge in [-0.3, -0.25) is 0 Å². The number of unbranched alkanes of at least 4 members (excludes halogenated alkanes) is 7. The van der Waals surface area contributed by atoms with Crippen molar-refractivity contribution in [3.8, 4) is 0 Å². The molecule has 0 fully saturated rings. The highest BCUT2D eigenvalue weighted by Gasteiger charge is 2.32. The smallest absolute Gasteiger partial charge is 0.340 e. The maximum absolute atomic E-state index is 10.7. The maximum Gasteiger partial charge on any atom is 0.340 e. The molecule has 4 heteroatoms. The molecule has 124 valence electrons. The fraction of sp³-hybridized carbons (Fsp3) is 0.611. The lowest BCUT2D eigenvalue weighted by atomic mass is 10.0. The van der Waals surface area contributed by atoms with Gasteiger partial charge in [-0.1, -0.05) is 92.1 Å². The van der Waals surface area contributed by atoms with Crippen LogP contribution >= 0.6 is 23.2 Å². The van der Waals surface area contributed by atoms with Crippen LogP contribution in [0.15, 0.2) is 30.3 Å². The van der Waals surface area contributed by atoms with E-state index in [9.17, 15) is 4.79 Å². The third-order valence-corrected chi connectivity index (χ3v) is 4.56. The van der Waals surface area contributed by atoms with Gasteiger partial charge in [0.2, 0.25) is 4.33 Å². The van der Waals surface area contributed by atoms with Gasteiger partial charge in [-0.2, -0.15) is 0 Å². The zero-order valence-electron chi connectivity index (χ0n) is 13.1. The Labute approximate surface area is 143 Å². The average molecular weight is 345 g/mol. The van der Waals surface area contributed by atoms with Crippen LogP contribution in [0.25, 0.3) is 0 Å². The van der Waals surface area contributed by atoms with Crippen molar-refractivity contribution in [1.29, 1.82) is 0 Å². The molecule has 0 aliphatic carbocycles. The lowest BCUT2D eigenvalue weighted by Crippen LogP contribution is -2.25. The molecule has 1 aromatic carbocycles. The summed E-state index contributed by atoms with van der Waals surface area (Å²) in [6.45, 7) is 0. The molecule has 1 N–H and O–H groups in total. The van der Waals surface area contributed by atoms with Crippen LogP contribution in [-0.2, 0) is 11.2 Å². The van der Waals surface area contributed by atoms with Gasteiger partial charge in [-0.25, -0.2) is 4.79 Å². The van der Waals surface area contributed by atoms with Gasteiger partial charge >= 0.3 is 5.97 Å². The van der Waals surface area contributed by atoms with Crippen LogP contribution in [-0.4, -0.2) is 15.4 Å². The van der Waals surface area contributed by atoms with Gasteiger partial charge in [0.1, 0.15) is 0 Å². The molecule has 0 saturated heterocycles. The van der Waals surface area contributed by atoms with Crippen molar-refractivity contribution in [2.24, 2.45) is 0 Å². The second kappa shape index (κ2) is 10.9. The van der Waals surface area contributed by atoms with Crippen LogP contribution in [0.3, 0.4) is 0 Å². The summed E-state index contributed by atoms with van der Waals surface area (Å²) in [5.41, 5.74) is 1.42. The highest BCUT2D eigenvalue weighted by Crippen LogP contribution is 2.28. The number of alkyl halides is 2. The number of aryl methyl sites for hydroxylation is 1. The minimum atomic E-state index is -1.61. The number of carboxylic acids is 1. The summed E-state index contributed by atoms with van der Waals surface area (Å²) in [5.74, 6) is -1.14. The van der Waals surface area contributed by atoms with E-state index in [2.05, 4.69) is 30.3 Å². The zero-order valence-corrected chi connectivity index (χ0v) is 14.6. The van der Waals surface area contributed by atoms with E-state index < -0.39 is 10.3 Å². The molecular formula is C18H26Cl2O2. The number of carbonyl (C=O) groups is 1. The predicted molar refractivity (Wildman–Crippen MR) is 93.8 cm³/mol. The maximum atomic E-state index is 10.7. The first kappa shape index (κ1) is 19.3. The largest absolute Gasteiger partial charge is 0.479 e. The minimum absolute atomic E-state index is 0.322. The van der Waals surface area contributed by atoms with E-state index in [0.29, 0.717) is 6.42 Å². The number of rotatable bonds is 12. The third-order valence-electron chi connectivity index (χ3n) is 3.86. The Morgan fingerprint density at radius 1 is 0.864 bits per heavy atom. The molecule has 0 bridgehead atoms. The number of carboxylic acid groups (broad SMARTS) is 1. The topological polar surface area (TPSA) is 37.3 Å². The van der Waals surface area contributed by atoms with E-state index in [0.717, 1.165) is 19.3 Å². The van der Waals surface area contributed by atoms with E-state index in [1.54, 1.807) is 0 Å². The number of hydrogen-bond acceptors (Lipinski definition) is 1. The van der Waals surface area contributed by atoms with Gasteiger partial charge in [0.25, 0.3) is 0 Å². The number of halogens is 2. The summed E-state index contributed by atoms with van der Waals surface area (Å²) in [6.07, 6.45) is 10.7. The normalized spacial score (nSPS) is 11.5. The second-order valence-corrected chi connectivity index (χ2v) is 7.31. The van der Waals surface area contributed by atoms with Crippen LogP contribution < -0.4 is 0 Å². The monoisotopic (exact) mass is 344 g/mol. The summed E-state index contributed by atoms with van der Waals surface area (Å²) >= 11 is 11.4. The average Bonchev–Trinajstić information content (AvgIpc) is 2.50. The Bertz CT molecular complexity index is 418. The molecule has 0 aliphatic heterocycles. The zero-order chi connectivity index (χ0) is 16.3. The molecule has 0 heterocycles. The van der Waals surface area contributed by atoms with Crippen LogP contribution in [0.1, 0.15) is 63.4 Å². The summed E-state index contributed by atoms with van der Waals surface area (Å²) in [5, 5.41) is 8.78. The van der Waals surface area contributed by atoms with E-state index in [1.807, 2.05) is 0 Å². The fourth-order valence-corrected chi connectivity index (χ4v) is 2.76. The minimum Gasteiger partial charge on any atom is -0.479 e. The van der Waals surface area contributed by atoms with Crippen molar-refractivity contribution in [1.82, 2.24) is 0 Å². The van der Waals surface area contributed by atoms with Gasteiger partial charge in [0.05, 0.1) is 0 Å². The van der Waals surface area contributed by atoms with Crippen molar-refractivity contribution in [3.05, 3.63) is 35.9 Å². The molecular weight excluding hydrogens is 319 g/mol. The first-order valence-corrected chi connectivity index (χ1v) is 8.93. The Hall–Kier alpha value is -0.730. The van der Waals surface area contributed by atoms with Crippen LogP contribution in [0, 0.1) is 0 Å². The highest BCUT2D eigenvalue weighted by atomic mass is 35.5. The summed E-state index contributed by atoms with van der Waals surface area (Å²) < 4.78 is -1.61. The van der Waals surface area contributed by atoms with E-state index in [1.165, 1.54) is 44.1 Å². The van der Waals surface area contributed by atoms with Crippen LogP contribution in [0.5, 0.6) is 0 Å². The van der Waals surface area contributed by atoms with Crippen molar-refractivity contribution in [2.75, 3.05) is 0 Å². The highest BCUT2D eigenvalue weighted by molar-refractivity contribution is 6.57. The Morgan fingerprint density at radius 2 is 1.36 bits per heavy atom. The van der Waals surface area contributed by atoms with Gasteiger partial charge in [0, 0.05) is 0 Å². The summed E-state index contributed by atoms with van der Waals surface area (Å²) in [6, 6.07) is 10.6. The molecule has 0 amide bonds. The number of benzene rings is 1. The predicted octanol–water partition coefficient (Wildman–Crippen LogP) is 6.00. The van der Waals surface area contributed by atoms with Crippen molar-refractivity contribution in [3.63, 3.8) is 0 Å². The Kier molecular flexibility index (Phi) is 9.58. The van der Waals surface area contributed by atoms with E-state index >= 15 is 0 Å². The molecule has 0 saturated carbocycles. The van der Waals surface area contributed by atoms with Gasteiger partial charge in [-0.05, 0) is 31.2 Å². The Morgan fingerprint density at radius 3 is 1.91 bits per heavy atom. The molecule has 0 aromatic heterocycles. The first-order chi connectivity index (χ1) is 10.5. The van der Waals surface area contributed by atoms with Crippen molar-refractivity contribution in [2.45, 2.75) is 68.5 Å². The van der Waals surface area contributed by atoms with Crippen LogP contribution in [0.4, 0.5) is 0 Å². The number of aliphatic carboxylic acids is 1. The molecule has 22 heavy (non-hydrogen) atoms. The molecule has 0 atom stereocenters. The third kappa shape index (κ3) is 8.65. The molecule has 0 spiro atoms. The van der Waals surface area contributed by atoms with Gasteiger partial charge in [-0.15, -0.1) is 0 Å². The molecule has 0 unspecified atom stereocenters. The Balaban J connectivity index is 1.89. The van der Waals surface area contributed by atoms with E-state index in [-0.39, 0.29) is 0 Å². The SMILES string of the molecule is O=C(O)C(Cl)(Cl)CCCCCCCCCCc1ccccc1. The fourth-order valence-electron chi connectivity index (χ4n) is 2.49. The van der Waals surface area contributed by atoms with E-state index in [4.69, 9.17) is 28.3 Å². The van der Waals surface area contributed by atoms with Gasteiger partial charge < -0.3 is 5.11 Å². The molecule has 0 aliphatic rings. The second-order valence-electron chi connectivity index (χ2n) is 5.82. The molecule has 0 radical (unpaired) electrons. The lowest BCUT2D eigenvalue weighted by Gasteiger charge is -2.13. The van der Waals surface area contributed by atoms with Crippen molar-refractivity contribution >= 4 is 29.2 Å². The number of hydrogen-bond donors (Lipinski definition) is 1. The standard InChI is InChI=1S/C18H26Cl2O2/c19-18(20,17(21)22)15-11-6-4-2-1-3-5-8-12-16-13-9-7-10-14-16/h7,9-10,13-14H,1-6,8,11-12,15H2,(H,21,22). The summed E-state index contributed by atoms with van der Waals surface area (Å²) in [7, 11) is 0. The molecule has 1 aromatic rings. The van der Waals surface area contributed by atoms with Gasteiger partial charge in [0.15, 0.2) is 0 Å². The molecule has 1 rings (SSSR count). The molecule has 2 nitrogen and oxygen atoms in total. The first-order valence-electron chi connectivity index (χ1n) is 8.17. The van der Waals surface area contributed by atoms with Crippen molar-refractivity contribution < 1.29 is 9.90 Å². The summed E-state index contributed by atoms with van der Waals surface area (Å²) in [4.78, 5) is 10.7. The van der Waals surface area contributed by atoms with Crippen LogP contribution in [0.2, 0.25) is 0 Å².